The van der Waals surface area contributed by atoms with Crippen molar-refractivity contribution in [3.63, 3.8) is 0 Å². The van der Waals surface area contributed by atoms with E-state index < -0.39 is 5.60 Å². The standard InChI is InChI=1S/C12H22N2O4/c1-12(2)8-14(5-10(6-15)18-12)11(16)13-9-3-4-17-7-9/h9-10,15H,3-8H2,1-2H3,(H,13,16). The van der Waals surface area contributed by atoms with E-state index in [1.54, 1.807) is 4.90 Å². The predicted molar refractivity (Wildman–Crippen MR) is 65.4 cm³/mol. The van der Waals surface area contributed by atoms with Crippen LogP contribution in [0.25, 0.3) is 0 Å². The molecule has 0 saturated carbocycles. The summed E-state index contributed by atoms with van der Waals surface area (Å²) >= 11 is 0. The number of aliphatic hydroxyl groups is 1. The highest BCUT2D eigenvalue weighted by molar-refractivity contribution is 5.74. The molecule has 2 saturated heterocycles. The number of morpholine rings is 1. The van der Waals surface area contributed by atoms with E-state index in [-0.39, 0.29) is 24.8 Å². The van der Waals surface area contributed by atoms with Crippen LogP contribution in [0.1, 0.15) is 20.3 Å². The van der Waals surface area contributed by atoms with E-state index in [1.807, 2.05) is 13.8 Å². The molecule has 6 heteroatoms. The summed E-state index contributed by atoms with van der Waals surface area (Å²) in [6, 6.07) is 0.0105. The van der Waals surface area contributed by atoms with Crippen molar-refractivity contribution in [3.05, 3.63) is 0 Å². The molecule has 2 aliphatic rings. The van der Waals surface area contributed by atoms with Gasteiger partial charge in [0.05, 0.1) is 44.1 Å². The molecule has 2 unspecified atom stereocenters. The first-order valence-electron chi connectivity index (χ1n) is 6.42. The van der Waals surface area contributed by atoms with E-state index in [0.717, 1.165) is 6.42 Å². The van der Waals surface area contributed by atoms with Gasteiger partial charge in [-0.25, -0.2) is 4.79 Å². The van der Waals surface area contributed by atoms with Gasteiger partial charge in [-0.15, -0.1) is 0 Å². The minimum atomic E-state index is -0.421. The summed E-state index contributed by atoms with van der Waals surface area (Å²) in [5.41, 5.74) is -0.421. The lowest BCUT2D eigenvalue weighted by atomic mass is 10.1. The Bertz CT molecular complexity index is 302. The van der Waals surface area contributed by atoms with Gasteiger partial charge in [-0.05, 0) is 20.3 Å². The summed E-state index contributed by atoms with van der Waals surface area (Å²) in [4.78, 5) is 13.8. The smallest absolute Gasteiger partial charge is 0.317 e. The fourth-order valence-corrected chi connectivity index (χ4v) is 2.46. The molecule has 0 radical (unpaired) electrons. The molecule has 0 aliphatic carbocycles. The highest BCUT2D eigenvalue weighted by Gasteiger charge is 2.36. The zero-order valence-electron chi connectivity index (χ0n) is 11.0. The number of hydrogen-bond donors (Lipinski definition) is 2. The highest BCUT2D eigenvalue weighted by Crippen LogP contribution is 2.21. The number of carbonyl (C=O) groups excluding carboxylic acids is 1. The summed E-state index contributed by atoms with van der Waals surface area (Å²) in [6.45, 7) is 6.03. The maximum Gasteiger partial charge on any atom is 0.317 e. The Morgan fingerprint density at radius 2 is 2.33 bits per heavy atom. The third kappa shape index (κ3) is 3.34. The van der Waals surface area contributed by atoms with Crippen LogP contribution in [0.2, 0.25) is 0 Å². The third-order valence-corrected chi connectivity index (χ3v) is 3.23. The number of aliphatic hydroxyl groups excluding tert-OH is 1. The number of urea groups is 1. The fourth-order valence-electron chi connectivity index (χ4n) is 2.46. The molecular formula is C12H22N2O4. The summed E-state index contributed by atoms with van der Waals surface area (Å²) in [5, 5.41) is 12.2. The average Bonchev–Trinajstić information content (AvgIpc) is 2.79. The van der Waals surface area contributed by atoms with Gasteiger partial charge in [-0.1, -0.05) is 0 Å². The first-order chi connectivity index (χ1) is 8.50. The van der Waals surface area contributed by atoms with Crippen molar-refractivity contribution >= 4 is 6.03 Å². The molecule has 2 heterocycles. The molecule has 0 bridgehead atoms. The summed E-state index contributed by atoms with van der Waals surface area (Å²) < 4.78 is 10.9. The Kier molecular flexibility index (Phi) is 4.09. The van der Waals surface area contributed by atoms with Crippen molar-refractivity contribution in [2.24, 2.45) is 0 Å². The number of hydrogen-bond acceptors (Lipinski definition) is 4. The van der Waals surface area contributed by atoms with Crippen molar-refractivity contribution < 1.29 is 19.4 Å². The van der Waals surface area contributed by atoms with Crippen LogP contribution in [0.5, 0.6) is 0 Å². The molecule has 2 N–H and O–H groups in total. The van der Waals surface area contributed by atoms with Gasteiger partial charge >= 0.3 is 6.03 Å². The van der Waals surface area contributed by atoms with E-state index >= 15 is 0 Å². The Morgan fingerprint density at radius 3 is 2.94 bits per heavy atom. The van der Waals surface area contributed by atoms with Crippen LogP contribution < -0.4 is 5.32 Å². The molecule has 104 valence electrons. The second-order valence-corrected chi connectivity index (χ2v) is 5.57. The van der Waals surface area contributed by atoms with Crippen LogP contribution in [0, 0.1) is 0 Å². The molecule has 2 rings (SSSR count). The summed E-state index contributed by atoms with van der Waals surface area (Å²) in [5.74, 6) is 0. The predicted octanol–water partition coefficient (Wildman–Crippen LogP) is -0.0434. The van der Waals surface area contributed by atoms with Crippen molar-refractivity contribution in [2.75, 3.05) is 32.9 Å². The summed E-state index contributed by atoms with van der Waals surface area (Å²) in [7, 11) is 0. The third-order valence-electron chi connectivity index (χ3n) is 3.23. The molecule has 18 heavy (non-hydrogen) atoms. The Labute approximate surface area is 107 Å². The Hall–Kier alpha value is -0.850. The van der Waals surface area contributed by atoms with Gasteiger partial charge in [0, 0.05) is 6.61 Å². The number of ether oxygens (including phenoxy) is 2. The highest BCUT2D eigenvalue weighted by atomic mass is 16.5. The fraction of sp³-hybridized carbons (Fsp3) is 0.917. The van der Waals surface area contributed by atoms with E-state index in [0.29, 0.717) is 26.3 Å². The van der Waals surface area contributed by atoms with E-state index in [9.17, 15) is 9.90 Å². The van der Waals surface area contributed by atoms with Crippen molar-refractivity contribution in [3.8, 4) is 0 Å². The second-order valence-electron chi connectivity index (χ2n) is 5.57. The average molecular weight is 258 g/mol. The van der Waals surface area contributed by atoms with Crippen LogP contribution in [0.3, 0.4) is 0 Å². The lowest BCUT2D eigenvalue weighted by molar-refractivity contribution is -0.138. The first kappa shape index (κ1) is 13.6. The molecule has 0 aromatic heterocycles. The molecule has 2 fully saturated rings. The molecule has 0 spiro atoms. The van der Waals surface area contributed by atoms with Gasteiger partial charge in [0.25, 0.3) is 0 Å². The van der Waals surface area contributed by atoms with Gasteiger partial charge in [-0.3, -0.25) is 0 Å². The largest absolute Gasteiger partial charge is 0.394 e. The maximum atomic E-state index is 12.1. The molecule has 6 nitrogen and oxygen atoms in total. The minimum absolute atomic E-state index is 0.0697. The van der Waals surface area contributed by atoms with Crippen LogP contribution in [0.4, 0.5) is 4.79 Å². The lowest BCUT2D eigenvalue weighted by Crippen LogP contribution is -2.58. The SMILES string of the molecule is CC1(C)CN(C(=O)NC2CCOC2)CC(CO)O1. The van der Waals surface area contributed by atoms with Crippen LogP contribution >= 0.6 is 0 Å². The maximum absolute atomic E-state index is 12.1. The number of nitrogens with one attached hydrogen (secondary N) is 1. The van der Waals surface area contributed by atoms with Crippen molar-refractivity contribution in [1.29, 1.82) is 0 Å². The van der Waals surface area contributed by atoms with Gasteiger partial charge < -0.3 is 24.8 Å². The minimum Gasteiger partial charge on any atom is -0.394 e. The molecular weight excluding hydrogens is 236 g/mol. The van der Waals surface area contributed by atoms with E-state index in [4.69, 9.17) is 9.47 Å². The first-order valence-corrected chi connectivity index (χ1v) is 6.42. The van der Waals surface area contributed by atoms with Gasteiger partial charge in [0.2, 0.25) is 0 Å². The number of carbonyl (C=O) groups is 1. The van der Waals surface area contributed by atoms with Crippen LogP contribution in [0.15, 0.2) is 0 Å². The molecule has 2 amide bonds. The van der Waals surface area contributed by atoms with Gasteiger partial charge in [0.15, 0.2) is 0 Å². The number of nitrogens with zero attached hydrogens (tertiary/aromatic N) is 1. The van der Waals surface area contributed by atoms with Crippen molar-refractivity contribution in [1.82, 2.24) is 10.2 Å². The molecule has 2 atom stereocenters. The quantitative estimate of drug-likeness (QED) is 0.729. The van der Waals surface area contributed by atoms with Crippen LogP contribution in [-0.4, -0.2) is 66.7 Å². The monoisotopic (exact) mass is 258 g/mol. The van der Waals surface area contributed by atoms with E-state index in [1.165, 1.54) is 0 Å². The normalized spacial score (nSPS) is 31.4. The second kappa shape index (κ2) is 5.42. The molecule has 0 aromatic carbocycles. The molecule has 2 aliphatic heterocycles. The van der Waals surface area contributed by atoms with Crippen molar-refractivity contribution in [2.45, 2.75) is 38.0 Å². The Morgan fingerprint density at radius 1 is 1.56 bits per heavy atom. The van der Waals surface area contributed by atoms with Gasteiger partial charge in [0.1, 0.15) is 0 Å². The van der Waals surface area contributed by atoms with E-state index in [2.05, 4.69) is 5.32 Å². The topological polar surface area (TPSA) is 71.0 Å². The molecule has 0 aromatic rings. The zero-order valence-corrected chi connectivity index (χ0v) is 11.0. The Balaban J connectivity index is 1.91. The van der Waals surface area contributed by atoms with Crippen LogP contribution in [-0.2, 0) is 9.47 Å². The lowest BCUT2D eigenvalue weighted by Gasteiger charge is -2.42. The number of rotatable bonds is 2. The zero-order chi connectivity index (χ0) is 13.2. The number of amides is 2. The van der Waals surface area contributed by atoms with Gasteiger partial charge in [-0.2, -0.15) is 0 Å². The summed E-state index contributed by atoms with van der Waals surface area (Å²) in [6.07, 6.45) is 0.558.